The first-order chi connectivity index (χ1) is 11.8. The van der Waals surface area contributed by atoms with Gasteiger partial charge in [-0.05, 0) is 18.9 Å². The lowest BCUT2D eigenvalue weighted by Crippen LogP contribution is -2.62. The maximum atomic E-state index is 12.6. The molecule has 1 N–H and O–H groups in total. The van der Waals surface area contributed by atoms with Crippen LogP contribution in [0.3, 0.4) is 0 Å². The van der Waals surface area contributed by atoms with Crippen LogP contribution in [0.4, 0.5) is 0 Å². The smallest absolute Gasteiger partial charge is 0.234 e. The Morgan fingerprint density at radius 2 is 2.21 bits per heavy atom. The molecule has 0 radical (unpaired) electrons. The summed E-state index contributed by atoms with van der Waals surface area (Å²) in [7, 11) is 0. The van der Waals surface area contributed by atoms with Gasteiger partial charge in [-0.3, -0.25) is 9.69 Å². The van der Waals surface area contributed by atoms with Gasteiger partial charge in [-0.2, -0.15) is 0 Å². The van der Waals surface area contributed by atoms with Crippen LogP contribution in [0.2, 0.25) is 0 Å². The highest BCUT2D eigenvalue weighted by Gasteiger charge is 2.53. The third kappa shape index (κ3) is 2.91. The fourth-order valence-electron chi connectivity index (χ4n) is 4.48. The molecule has 24 heavy (non-hydrogen) atoms. The molecular weight excluding hydrogens is 304 g/mol. The lowest BCUT2D eigenvalue weighted by molar-refractivity contribution is -0.128. The van der Waals surface area contributed by atoms with Crippen LogP contribution in [0.1, 0.15) is 25.3 Å². The van der Waals surface area contributed by atoms with Gasteiger partial charge in [0.05, 0.1) is 12.6 Å². The molecule has 4 atom stereocenters. The number of fused-ring (bicyclic) bond motifs is 2. The Hall–Kier alpha value is -1.59. The standard InChI is InChI=1S/C19H26N2O3/c1-2-14-18(15-7-9-24-19(14)15)20-17(22)12-21-8-10-23-16-6-4-3-5-13(16)11-21/h3-6,14-15,18-19H,2,7-12H2,1H3,(H,20,22)/t14-,15+,18+,19-/m1/s1. The van der Waals surface area contributed by atoms with Crippen LogP contribution in [0.15, 0.2) is 24.3 Å². The van der Waals surface area contributed by atoms with Gasteiger partial charge >= 0.3 is 0 Å². The Morgan fingerprint density at radius 3 is 3.08 bits per heavy atom. The molecule has 2 fully saturated rings. The molecule has 5 heteroatoms. The van der Waals surface area contributed by atoms with E-state index < -0.39 is 0 Å². The van der Waals surface area contributed by atoms with Gasteiger partial charge in [-0.25, -0.2) is 0 Å². The molecular formula is C19H26N2O3. The van der Waals surface area contributed by atoms with Gasteiger partial charge in [0.1, 0.15) is 12.4 Å². The van der Waals surface area contributed by atoms with E-state index in [9.17, 15) is 4.79 Å². The van der Waals surface area contributed by atoms with E-state index in [1.54, 1.807) is 0 Å². The molecule has 2 heterocycles. The van der Waals surface area contributed by atoms with Crippen LogP contribution in [-0.2, 0) is 16.1 Å². The van der Waals surface area contributed by atoms with Gasteiger partial charge in [0.15, 0.2) is 0 Å². The molecule has 0 unspecified atom stereocenters. The highest BCUT2D eigenvalue weighted by atomic mass is 16.5. The van der Waals surface area contributed by atoms with Crippen molar-refractivity contribution in [1.29, 1.82) is 0 Å². The highest BCUT2D eigenvalue weighted by Crippen LogP contribution is 2.45. The molecule has 1 aromatic rings. The molecule has 1 aliphatic carbocycles. The van der Waals surface area contributed by atoms with Crippen LogP contribution in [0, 0.1) is 11.8 Å². The van der Waals surface area contributed by atoms with Crippen molar-refractivity contribution in [2.24, 2.45) is 11.8 Å². The summed E-state index contributed by atoms with van der Waals surface area (Å²) in [6.07, 6.45) is 2.52. The minimum Gasteiger partial charge on any atom is -0.492 e. The number of nitrogens with one attached hydrogen (secondary N) is 1. The quantitative estimate of drug-likeness (QED) is 0.915. The molecule has 2 aliphatic heterocycles. The number of carbonyl (C=O) groups excluding carboxylic acids is 1. The SMILES string of the molecule is CC[C@@H]1[C@H](NC(=O)CN2CCOc3ccccc3C2)[C@@H]2CCO[C@H]12. The molecule has 5 nitrogen and oxygen atoms in total. The van der Waals surface area contributed by atoms with E-state index in [0.29, 0.717) is 37.1 Å². The van der Waals surface area contributed by atoms with Crippen molar-refractivity contribution in [2.75, 3.05) is 26.3 Å². The van der Waals surface area contributed by atoms with Crippen molar-refractivity contribution in [2.45, 2.75) is 38.5 Å². The van der Waals surface area contributed by atoms with Gasteiger partial charge in [-0.1, -0.05) is 25.1 Å². The number of nitrogens with zero attached hydrogens (tertiary/aromatic N) is 1. The fraction of sp³-hybridized carbons (Fsp3) is 0.632. The monoisotopic (exact) mass is 330 g/mol. The molecule has 0 spiro atoms. The summed E-state index contributed by atoms with van der Waals surface area (Å²) in [6.45, 7) is 5.63. The Morgan fingerprint density at radius 1 is 1.33 bits per heavy atom. The van der Waals surface area contributed by atoms with E-state index in [-0.39, 0.29) is 5.91 Å². The summed E-state index contributed by atoms with van der Waals surface area (Å²) in [5.41, 5.74) is 1.15. The minimum absolute atomic E-state index is 0.128. The third-order valence-electron chi connectivity index (χ3n) is 5.73. The normalized spacial score (nSPS) is 32.0. The number of para-hydroxylation sites is 1. The molecule has 130 valence electrons. The maximum Gasteiger partial charge on any atom is 0.234 e. The summed E-state index contributed by atoms with van der Waals surface area (Å²) in [5, 5.41) is 3.28. The topological polar surface area (TPSA) is 50.8 Å². The predicted octanol–water partition coefficient (Wildman–Crippen LogP) is 1.81. The second-order valence-electron chi connectivity index (χ2n) is 7.12. The van der Waals surface area contributed by atoms with Crippen LogP contribution in [0.25, 0.3) is 0 Å². The summed E-state index contributed by atoms with van der Waals surface area (Å²) < 4.78 is 11.6. The van der Waals surface area contributed by atoms with Crippen molar-refractivity contribution in [3.63, 3.8) is 0 Å². The van der Waals surface area contributed by atoms with E-state index >= 15 is 0 Å². The third-order valence-corrected chi connectivity index (χ3v) is 5.73. The zero-order valence-electron chi connectivity index (χ0n) is 14.2. The second-order valence-corrected chi connectivity index (χ2v) is 7.12. The first-order valence-electron chi connectivity index (χ1n) is 9.10. The largest absolute Gasteiger partial charge is 0.492 e. The van der Waals surface area contributed by atoms with Gasteiger partial charge in [-0.15, -0.1) is 0 Å². The van der Waals surface area contributed by atoms with E-state index in [1.807, 2.05) is 18.2 Å². The van der Waals surface area contributed by atoms with Crippen molar-refractivity contribution < 1.29 is 14.3 Å². The van der Waals surface area contributed by atoms with E-state index in [1.165, 1.54) is 0 Å². The van der Waals surface area contributed by atoms with Crippen LogP contribution >= 0.6 is 0 Å². The Balaban J connectivity index is 1.35. The van der Waals surface area contributed by atoms with Crippen molar-refractivity contribution in [3.05, 3.63) is 29.8 Å². The van der Waals surface area contributed by atoms with E-state index in [0.717, 1.165) is 43.9 Å². The summed E-state index contributed by atoms with van der Waals surface area (Å²) in [6, 6.07) is 8.38. The summed E-state index contributed by atoms with van der Waals surface area (Å²) in [4.78, 5) is 14.7. The zero-order chi connectivity index (χ0) is 16.5. The van der Waals surface area contributed by atoms with Crippen molar-refractivity contribution in [1.82, 2.24) is 10.2 Å². The molecule has 1 aromatic carbocycles. The molecule has 0 aromatic heterocycles. The molecule has 3 aliphatic rings. The number of amides is 1. The van der Waals surface area contributed by atoms with Gasteiger partial charge < -0.3 is 14.8 Å². The van der Waals surface area contributed by atoms with Gasteiger partial charge in [0, 0.05) is 43.1 Å². The van der Waals surface area contributed by atoms with Crippen molar-refractivity contribution >= 4 is 5.91 Å². The number of ether oxygens (including phenoxy) is 2. The maximum absolute atomic E-state index is 12.6. The highest BCUT2D eigenvalue weighted by molar-refractivity contribution is 5.78. The second kappa shape index (κ2) is 6.73. The van der Waals surface area contributed by atoms with Crippen molar-refractivity contribution in [3.8, 4) is 5.75 Å². The number of hydrogen-bond acceptors (Lipinski definition) is 4. The number of carbonyl (C=O) groups is 1. The minimum atomic E-state index is 0.128. The molecule has 0 bridgehead atoms. The lowest BCUT2D eigenvalue weighted by atomic mass is 9.65. The number of rotatable bonds is 4. The van der Waals surface area contributed by atoms with Gasteiger partial charge in [0.2, 0.25) is 5.91 Å². The summed E-state index contributed by atoms with van der Waals surface area (Å²) >= 11 is 0. The summed E-state index contributed by atoms with van der Waals surface area (Å²) in [5.74, 6) is 2.07. The average molecular weight is 330 g/mol. The molecule has 1 saturated heterocycles. The Bertz CT molecular complexity index is 606. The fourth-order valence-corrected chi connectivity index (χ4v) is 4.48. The van der Waals surface area contributed by atoms with Crippen LogP contribution in [-0.4, -0.2) is 49.3 Å². The van der Waals surface area contributed by atoms with Gasteiger partial charge in [0.25, 0.3) is 0 Å². The Kier molecular flexibility index (Phi) is 4.46. The molecule has 1 saturated carbocycles. The van der Waals surface area contributed by atoms with Crippen LogP contribution < -0.4 is 10.1 Å². The first-order valence-corrected chi connectivity index (χ1v) is 9.10. The van der Waals surface area contributed by atoms with E-state index in [4.69, 9.17) is 9.47 Å². The first kappa shape index (κ1) is 15.9. The lowest BCUT2D eigenvalue weighted by Gasteiger charge is -2.47. The van der Waals surface area contributed by atoms with E-state index in [2.05, 4.69) is 23.2 Å². The van der Waals surface area contributed by atoms with Crippen LogP contribution in [0.5, 0.6) is 5.75 Å². The molecule has 4 rings (SSSR count). The predicted molar refractivity (Wildman–Crippen MR) is 90.8 cm³/mol. The zero-order valence-corrected chi connectivity index (χ0v) is 14.2. The number of benzene rings is 1. The molecule has 1 amide bonds. The number of hydrogen-bond donors (Lipinski definition) is 1. The average Bonchev–Trinajstić information content (AvgIpc) is 2.87. The Labute approximate surface area is 143 Å².